The van der Waals surface area contributed by atoms with Gasteiger partial charge in [-0.1, -0.05) is 11.3 Å². The van der Waals surface area contributed by atoms with Crippen LogP contribution in [0.15, 0.2) is 12.1 Å². The summed E-state index contributed by atoms with van der Waals surface area (Å²) in [5.41, 5.74) is 0.154. The van der Waals surface area contributed by atoms with Crippen molar-refractivity contribution in [3.8, 4) is 5.75 Å². The van der Waals surface area contributed by atoms with E-state index >= 15 is 0 Å². The lowest BCUT2D eigenvalue weighted by Crippen LogP contribution is -2.42. The summed E-state index contributed by atoms with van der Waals surface area (Å²) in [5.74, 6) is 0.559. The molecule has 9 heteroatoms. The number of fused-ring (bicyclic) bond motifs is 1. The summed E-state index contributed by atoms with van der Waals surface area (Å²) in [6, 6.07) is 3.13. The van der Waals surface area contributed by atoms with Gasteiger partial charge in [-0.2, -0.15) is 0 Å². The van der Waals surface area contributed by atoms with E-state index in [2.05, 4.69) is 15.2 Å². The van der Waals surface area contributed by atoms with Crippen molar-refractivity contribution in [3.63, 3.8) is 0 Å². The second-order valence-corrected chi connectivity index (χ2v) is 11.1. The monoisotopic (exact) mass is 479 g/mol. The van der Waals surface area contributed by atoms with Crippen LogP contribution in [0.25, 0.3) is 10.2 Å². The normalized spacial score (nSPS) is 18.4. The fraction of sp³-hybridized carbons (Fsp3) is 0.667. The van der Waals surface area contributed by atoms with Crippen LogP contribution in [0.5, 0.6) is 5.75 Å². The molecule has 0 spiro atoms. The lowest BCUT2D eigenvalue weighted by molar-refractivity contribution is 0.0182. The number of carbonyl (C=O) groups is 1. The van der Waals surface area contributed by atoms with Crippen molar-refractivity contribution in [3.05, 3.63) is 17.9 Å². The molecule has 0 radical (unpaired) electrons. The van der Waals surface area contributed by atoms with Crippen molar-refractivity contribution in [2.75, 3.05) is 31.2 Å². The van der Waals surface area contributed by atoms with Crippen LogP contribution in [0.1, 0.15) is 53.4 Å². The first-order valence-corrected chi connectivity index (χ1v) is 12.6. The molecule has 33 heavy (non-hydrogen) atoms. The molecule has 1 atom stereocenters. The first kappa shape index (κ1) is 24.0. The number of aromatic nitrogens is 1. The van der Waals surface area contributed by atoms with Crippen molar-refractivity contribution in [2.24, 2.45) is 5.92 Å². The van der Waals surface area contributed by atoms with Gasteiger partial charge < -0.3 is 24.4 Å². The Morgan fingerprint density at radius 3 is 2.67 bits per heavy atom. The zero-order chi connectivity index (χ0) is 23.6. The van der Waals surface area contributed by atoms with Crippen LogP contribution in [0.2, 0.25) is 0 Å². The van der Waals surface area contributed by atoms with E-state index in [1.807, 2.05) is 27.7 Å². The Labute approximate surface area is 198 Å². The van der Waals surface area contributed by atoms with Gasteiger partial charge in [-0.3, -0.25) is 0 Å². The van der Waals surface area contributed by atoms with Crippen molar-refractivity contribution in [1.29, 1.82) is 0 Å². The zero-order valence-corrected chi connectivity index (χ0v) is 20.7. The van der Waals surface area contributed by atoms with Gasteiger partial charge >= 0.3 is 6.09 Å². The summed E-state index contributed by atoms with van der Waals surface area (Å²) in [5, 5.41) is 3.71. The van der Waals surface area contributed by atoms with Crippen LogP contribution in [0.4, 0.5) is 14.3 Å². The topological polar surface area (TPSA) is 72.9 Å². The van der Waals surface area contributed by atoms with Gasteiger partial charge in [0.2, 0.25) is 0 Å². The summed E-state index contributed by atoms with van der Waals surface area (Å²) in [6.07, 6.45) is 3.80. The number of amides is 1. The van der Waals surface area contributed by atoms with Gasteiger partial charge in [0.15, 0.2) is 16.7 Å². The molecule has 7 nitrogen and oxygen atoms in total. The summed E-state index contributed by atoms with van der Waals surface area (Å²) < 4.78 is 32.3. The number of alkyl carbamates (subject to hydrolysis) is 1. The number of piperidine rings is 1. The first-order valence-electron chi connectivity index (χ1n) is 11.8. The number of rotatable bonds is 8. The van der Waals surface area contributed by atoms with Crippen molar-refractivity contribution < 1.29 is 23.4 Å². The third kappa shape index (κ3) is 6.93. The Bertz CT molecular complexity index is 965. The minimum Gasteiger partial charge on any atom is -0.490 e. The third-order valence-corrected chi connectivity index (χ3v) is 6.74. The third-order valence-electron chi connectivity index (χ3n) is 5.66. The van der Waals surface area contributed by atoms with Gasteiger partial charge in [-0.15, -0.1) is 0 Å². The maximum atomic E-state index is 14.4. The molecular formula is C24H34FN3O4S. The fourth-order valence-electron chi connectivity index (χ4n) is 3.70. The largest absolute Gasteiger partial charge is 0.490 e. The highest BCUT2D eigenvalue weighted by Crippen LogP contribution is 2.36. The van der Waals surface area contributed by atoms with Crippen molar-refractivity contribution >= 4 is 32.8 Å². The number of nitrogens with one attached hydrogen (secondary N) is 1. The molecule has 1 aliphatic carbocycles. The second kappa shape index (κ2) is 10.0. The van der Waals surface area contributed by atoms with Crippen LogP contribution in [0, 0.1) is 11.7 Å². The maximum absolute atomic E-state index is 14.4. The molecule has 2 aliphatic rings. The summed E-state index contributed by atoms with van der Waals surface area (Å²) in [6.45, 7) is 10.1. The number of halogens is 1. The smallest absolute Gasteiger partial charge is 0.407 e. The average Bonchev–Trinajstić information content (AvgIpc) is 3.47. The number of nitrogens with zero attached hydrogens (tertiary/aromatic N) is 2. The van der Waals surface area contributed by atoms with E-state index in [1.54, 1.807) is 17.4 Å². The number of hydrogen-bond donors (Lipinski definition) is 1. The molecule has 4 rings (SSSR count). The number of benzene rings is 1. The minimum atomic E-state index is -0.519. The lowest BCUT2D eigenvalue weighted by Gasteiger charge is -2.32. The predicted octanol–water partition coefficient (Wildman–Crippen LogP) is 5.12. The molecule has 2 fully saturated rings. The molecule has 182 valence electrons. The van der Waals surface area contributed by atoms with Crippen LogP contribution in [0.3, 0.4) is 0 Å². The SMILES string of the molecule is C[C@@H](COC1CCN(c2nc3cc(F)c(OCC4CC4)cc3s2)CC1)NC(=O)OC(C)(C)C. The summed E-state index contributed by atoms with van der Waals surface area (Å²) in [4.78, 5) is 18.8. The highest BCUT2D eigenvalue weighted by atomic mass is 32.1. The Hall–Kier alpha value is -2.13. The van der Waals surface area contributed by atoms with Gasteiger partial charge in [0.05, 0.1) is 35.6 Å². The van der Waals surface area contributed by atoms with E-state index in [4.69, 9.17) is 14.2 Å². The molecule has 0 unspecified atom stereocenters. The standard InChI is InChI=1S/C24H34FN3O4S/c1-15(26-23(29)32-24(2,3)4)13-30-17-7-9-28(10-8-17)22-27-19-11-18(25)20(12-21(19)33-22)31-14-16-5-6-16/h11-12,15-17H,5-10,13-14H2,1-4H3,(H,26,29)/t15-/m0/s1. The Kier molecular flexibility index (Phi) is 7.28. The first-order chi connectivity index (χ1) is 15.7. The Morgan fingerprint density at radius 1 is 1.27 bits per heavy atom. The van der Waals surface area contributed by atoms with Gasteiger partial charge in [0.25, 0.3) is 0 Å². The summed E-state index contributed by atoms with van der Waals surface area (Å²) >= 11 is 1.57. The number of thiazole rings is 1. The van der Waals surface area contributed by atoms with Crippen LogP contribution in [-0.4, -0.2) is 55.1 Å². The van der Waals surface area contributed by atoms with E-state index in [1.165, 1.54) is 18.9 Å². The Morgan fingerprint density at radius 2 is 2.00 bits per heavy atom. The molecule has 1 aromatic carbocycles. The molecule has 1 aliphatic heterocycles. The van der Waals surface area contributed by atoms with Gasteiger partial charge in [0.1, 0.15) is 5.60 Å². The zero-order valence-electron chi connectivity index (χ0n) is 19.9. The van der Waals surface area contributed by atoms with Crippen molar-refractivity contribution in [1.82, 2.24) is 10.3 Å². The molecule has 0 bridgehead atoms. The summed E-state index contributed by atoms with van der Waals surface area (Å²) in [7, 11) is 0. The Balaban J connectivity index is 1.25. The highest BCUT2D eigenvalue weighted by molar-refractivity contribution is 7.22. The quantitative estimate of drug-likeness (QED) is 0.566. The minimum absolute atomic E-state index is 0.131. The number of anilines is 1. The van der Waals surface area contributed by atoms with E-state index < -0.39 is 11.7 Å². The molecule has 1 saturated carbocycles. The molecule has 2 heterocycles. The van der Waals surface area contributed by atoms with E-state index in [9.17, 15) is 9.18 Å². The van der Waals surface area contributed by atoms with Crippen molar-refractivity contribution in [2.45, 2.75) is 71.1 Å². The number of ether oxygens (including phenoxy) is 3. The average molecular weight is 480 g/mol. The van der Waals surface area contributed by atoms with E-state index in [0.29, 0.717) is 30.4 Å². The lowest BCUT2D eigenvalue weighted by atomic mass is 10.1. The highest BCUT2D eigenvalue weighted by Gasteiger charge is 2.25. The van der Waals surface area contributed by atoms with Crippen LogP contribution < -0.4 is 15.0 Å². The molecule has 1 N–H and O–H groups in total. The number of carbonyl (C=O) groups excluding carboxylic acids is 1. The molecule has 2 aromatic rings. The molecular weight excluding hydrogens is 445 g/mol. The molecule has 1 amide bonds. The van der Waals surface area contributed by atoms with Gasteiger partial charge in [0, 0.05) is 25.2 Å². The fourth-order valence-corrected chi connectivity index (χ4v) is 4.73. The molecule has 1 aromatic heterocycles. The van der Waals surface area contributed by atoms with Gasteiger partial charge in [-0.25, -0.2) is 14.2 Å². The second-order valence-electron chi connectivity index (χ2n) is 10.1. The maximum Gasteiger partial charge on any atom is 0.407 e. The van der Waals surface area contributed by atoms with E-state index in [-0.39, 0.29) is 18.0 Å². The van der Waals surface area contributed by atoms with Gasteiger partial charge in [-0.05, 0) is 59.3 Å². The van der Waals surface area contributed by atoms with E-state index in [0.717, 1.165) is 35.8 Å². The van der Waals surface area contributed by atoms with Crippen LogP contribution in [-0.2, 0) is 9.47 Å². The predicted molar refractivity (Wildman–Crippen MR) is 128 cm³/mol. The van der Waals surface area contributed by atoms with Crippen LogP contribution >= 0.6 is 11.3 Å². The number of hydrogen-bond acceptors (Lipinski definition) is 7. The molecule has 1 saturated heterocycles.